The maximum Gasteiger partial charge on any atom is 0.266 e. The zero-order chi connectivity index (χ0) is 23.4. The van der Waals surface area contributed by atoms with Gasteiger partial charge in [0.1, 0.15) is 11.4 Å². The highest BCUT2D eigenvalue weighted by molar-refractivity contribution is 7.99. The van der Waals surface area contributed by atoms with Gasteiger partial charge in [0.2, 0.25) is 5.91 Å². The van der Waals surface area contributed by atoms with Crippen molar-refractivity contribution >= 4 is 40.2 Å². The molecular weight excluding hydrogens is 463 g/mol. The molecule has 9 heteroatoms. The lowest BCUT2D eigenvalue weighted by atomic mass is 9.92. The highest BCUT2D eigenvalue weighted by atomic mass is 35.5. The van der Waals surface area contributed by atoms with E-state index in [0.717, 1.165) is 37.4 Å². The van der Waals surface area contributed by atoms with Crippen molar-refractivity contribution < 1.29 is 9.18 Å². The zero-order valence-corrected chi connectivity index (χ0v) is 19.4. The number of nitrogens with zero attached hydrogens (tertiary/aromatic N) is 3. The van der Waals surface area contributed by atoms with Gasteiger partial charge in [-0.25, -0.2) is 9.37 Å². The fourth-order valence-corrected chi connectivity index (χ4v) is 5.08. The average Bonchev–Trinajstić information content (AvgIpc) is 3.06. The van der Waals surface area contributed by atoms with Crippen molar-refractivity contribution in [1.29, 1.82) is 5.26 Å². The molecule has 2 aromatic carbocycles. The number of halogens is 2. The van der Waals surface area contributed by atoms with Crippen LogP contribution in [0.1, 0.15) is 38.5 Å². The molecule has 0 aliphatic heterocycles. The van der Waals surface area contributed by atoms with Gasteiger partial charge in [-0.3, -0.25) is 14.2 Å². The van der Waals surface area contributed by atoms with Crippen molar-refractivity contribution in [1.82, 2.24) is 14.9 Å². The minimum absolute atomic E-state index is 0.0247. The molecule has 1 saturated carbocycles. The summed E-state index contributed by atoms with van der Waals surface area (Å²) in [6.07, 6.45) is 5.18. The maximum atomic E-state index is 13.7. The van der Waals surface area contributed by atoms with Crippen molar-refractivity contribution in [3.63, 3.8) is 0 Å². The van der Waals surface area contributed by atoms with Crippen LogP contribution in [-0.4, -0.2) is 26.8 Å². The Hall–Kier alpha value is -2.89. The van der Waals surface area contributed by atoms with E-state index in [2.05, 4.69) is 16.4 Å². The topological polar surface area (TPSA) is 87.8 Å². The Morgan fingerprint density at radius 3 is 2.64 bits per heavy atom. The molecule has 1 amide bonds. The monoisotopic (exact) mass is 484 g/mol. The smallest absolute Gasteiger partial charge is 0.266 e. The molecular formula is C24H22ClFN4O2S. The van der Waals surface area contributed by atoms with Gasteiger partial charge >= 0.3 is 0 Å². The van der Waals surface area contributed by atoms with Crippen LogP contribution in [0.2, 0.25) is 5.02 Å². The number of nitrogens with one attached hydrogen (secondary N) is 1. The first kappa shape index (κ1) is 23.3. The Balaban J connectivity index is 1.65. The first-order valence-electron chi connectivity index (χ1n) is 10.7. The summed E-state index contributed by atoms with van der Waals surface area (Å²) in [6.45, 7) is 0. The molecule has 33 heavy (non-hydrogen) atoms. The van der Waals surface area contributed by atoms with Crippen molar-refractivity contribution in [2.75, 3.05) is 5.75 Å². The number of fused-ring (bicyclic) bond motifs is 1. The Bertz CT molecular complexity index is 1300. The number of para-hydroxylation sites is 1. The molecule has 1 aliphatic rings. The second kappa shape index (κ2) is 9.94. The highest BCUT2D eigenvalue weighted by Gasteiger charge is 2.32. The average molecular weight is 485 g/mol. The van der Waals surface area contributed by atoms with Crippen LogP contribution in [0.25, 0.3) is 16.6 Å². The molecule has 0 bridgehead atoms. The van der Waals surface area contributed by atoms with Gasteiger partial charge in [0.15, 0.2) is 5.16 Å². The van der Waals surface area contributed by atoms with E-state index in [1.165, 1.54) is 22.8 Å². The Labute approximate surface area is 199 Å². The molecule has 0 unspecified atom stereocenters. The van der Waals surface area contributed by atoms with Gasteiger partial charge in [-0.15, -0.1) is 0 Å². The Kier molecular flexibility index (Phi) is 7.01. The Morgan fingerprint density at radius 1 is 1.21 bits per heavy atom. The third kappa shape index (κ3) is 5.05. The summed E-state index contributed by atoms with van der Waals surface area (Å²) in [5, 5.41) is 13.2. The standard InChI is InChI=1S/C24H22ClFN4O2S/c25-18-13-16(9-10-19(18)26)30-22(32)17-7-3-4-8-20(17)28-23(30)33-14-21(31)29-24(15-27)11-5-1-2-6-12-24/h3-4,7-10,13H,1-2,5-6,11-12,14H2,(H,29,31). The SMILES string of the molecule is N#CC1(NC(=O)CSc2nc3ccccc3c(=O)n2-c2ccc(F)c(Cl)c2)CCCCCC1. The molecule has 0 spiro atoms. The van der Waals surface area contributed by atoms with Crippen LogP contribution in [-0.2, 0) is 4.79 Å². The molecule has 1 aliphatic carbocycles. The maximum absolute atomic E-state index is 13.7. The summed E-state index contributed by atoms with van der Waals surface area (Å²) in [5.41, 5.74) is -0.352. The molecule has 6 nitrogen and oxygen atoms in total. The number of thioether (sulfide) groups is 1. The van der Waals surface area contributed by atoms with Crippen LogP contribution < -0.4 is 10.9 Å². The van der Waals surface area contributed by atoms with E-state index in [4.69, 9.17) is 11.6 Å². The van der Waals surface area contributed by atoms with Gasteiger partial charge < -0.3 is 5.32 Å². The first-order valence-corrected chi connectivity index (χ1v) is 12.1. The summed E-state index contributed by atoms with van der Waals surface area (Å²) >= 11 is 7.04. The van der Waals surface area contributed by atoms with Crippen molar-refractivity contribution in [3.8, 4) is 11.8 Å². The fraction of sp³-hybridized carbons (Fsp3) is 0.333. The van der Waals surface area contributed by atoms with Gasteiger partial charge in [0.25, 0.3) is 5.56 Å². The quantitative estimate of drug-likeness (QED) is 0.312. The van der Waals surface area contributed by atoms with Gasteiger partial charge in [0.05, 0.1) is 33.4 Å². The van der Waals surface area contributed by atoms with Crippen LogP contribution in [0.5, 0.6) is 0 Å². The lowest BCUT2D eigenvalue weighted by Crippen LogP contribution is -2.47. The minimum Gasteiger partial charge on any atom is -0.337 e. The second-order valence-electron chi connectivity index (χ2n) is 8.10. The zero-order valence-electron chi connectivity index (χ0n) is 17.8. The number of carbonyl (C=O) groups excluding carboxylic acids is 1. The Morgan fingerprint density at radius 2 is 1.94 bits per heavy atom. The summed E-state index contributed by atoms with van der Waals surface area (Å²) in [6, 6.07) is 13.2. The van der Waals surface area contributed by atoms with Gasteiger partial charge in [-0.1, -0.05) is 61.2 Å². The van der Waals surface area contributed by atoms with E-state index in [9.17, 15) is 19.2 Å². The molecule has 1 N–H and O–H groups in total. The third-order valence-electron chi connectivity index (χ3n) is 5.79. The van der Waals surface area contributed by atoms with Crippen LogP contribution in [0.15, 0.2) is 52.4 Å². The molecule has 1 fully saturated rings. The molecule has 0 radical (unpaired) electrons. The van der Waals surface area contributed by atoms with Gasteiger partial charge in [0, 0.05) is 0 Å². The number of amides is 1. The summed E-state index contributed by atoms with van der Waals surface area (Å²) < 4.78 is 15.1. The molecule has 170 valence electrons. The molecule has 3 aromatic rings. The van der Waals surface area contributed by atoms with Crippen molar-refractivity contribution in [3.05, 3.63) is 63.7 Å². The van der Waals surface area contributed by atoms with Crippen molar-refractivity contribution in [2.24, 2.45) is 0 Å². The number of aromatic nitrogens is 2. The fourth-order valence-electron chi connectivity index (χ4n) is 4.09. The molecule has 0 atom stereocenters. The number of nitriles is 1. The second-order valence-corrected chi connectivity index (χ2v) is 9.45. The van der Waals surface area contributed by atoms with Crippen molar-refractivity contribution in [2.45, 2.75) is 49.2 Å². The highest BCUT2D eigenvalue weighted by Crippen LogP contribution is 2.28. The van der Waals surface area contributed by atoms with E-state index in [0.29, 0.717) is 29.4 Å². The number of hydrogen-bond donors (Lipinski definition) is 1. The lowest BCUT2D eigenvalue weighted by Gasteiger charge is -2.26. The van der Waals surface area contributed by atoms with Crippen LogP contribution >= 0.6 is 23.4 Å². The lowest BCUT2D eigenvalue weighted by molar-refractivity contribution is -0.120. The predicted molar refractivity (Wildman–Crippen MR) is 127 cm³/mol. The van der Waals surface area contributed by atoms with Crippen LogP contribution in [0.3, 0.4) is 0 Å². The molecule has 4 rings (SSSR count). The third-order valence-corrected chi connectivity index (χ3v) is 7.02. The summed E-state index contributed by atoms with van der Waals surface area (Å²) in [7, 11) is 0. The van der Waals surface area contributed by atoms with E-state index >= 15 is 0 Å². The number of carbonyl (C=O) groups is 1. The van der Waals surface area contributed by atoms with E-state index in [1.807, 2.05) is 0 Å². The number of hydrogen-bond acceptors (Lipinski definition) is 5. The predicted octanol–water partition coefficient (Wildman–Crippen LogP) is 5.00. The first-order chi connectivity index (χ1) is 15.9. The minimum atomic E-state index is -0.852. The molecule has 1 heterocycles. The van der Waals surface area contributed by atoms with Gasteiger partial charge in [-0.2, -0.15) is 5.26 Å². The molecule has 1 aromatic heterocycles. The number of rotatable bonds is 5. The van der Waals surface area contributed by atoms with Crippen LogP contribution in [0, 0.1) is 17.1 Å². The van der Waals surface area contributed by atoms with E-state index < -0.39 is 11.4 Å². The van der Waals surface area contributed by atoms with E-state index in [-0.39, 0.29) is 27.4 Å². The summed E-state index contributed by atoms with van der Waals surface area (Å²) in [5.74, 6) is -0.918. The number of benzene rings is 2. The summed E-state index contributed by atoms with van der Waals surface area (Å²) in [4.78, 5) is 30.6. The van der Waals surface area contributed by atoms with E-state index in [1.54, 1.807) is 24.3 Å². The van der Waals surface area contributed by atoms with Crippen LogP contribution in [0.4, 0.5) is 4.39 Å². The largest absolute Gasteiger partial charge is 0.337 e. The molecule has 0 saturated heterocycles. The van der Waals surface area contributed by atoms with Gasteiger partial charge in [-0.05, 0) is 43.2 Å². The normalized spacial score (nSPS) is 15.5.